The van der Waals surface area contributed by atoms with Gasteiger partial charge in [-0.05, 0) is 29.7 Å². The van der Waals surface area contributed by atoms with Crippen LogP contribution in [0.1, 0.15) is 25.3 Å². The molecule has 2 nitrogen and oxygen atoms in total. The Labute approximate surface area is 96.6 Å². The first-order chi connectivity index (χ1) is 7.19. The van der Waals surface area contributed by atoms with Crippen LogP contribution in [0.25, 0.3) is 0 Å². The smallest absolute Gasteiger partial charge is 0.122 e. The lowest BCUT2D eigenvalue weighted by Gasteiger charge is -2.14. The lowest BCUT2D eigenvalue weighted by Crippen LogP contribution is -2.03. The first-order valence-electron chi connectivity index (χ1n) is 5.16. The van der Waals surface area contributed by atoms with Crippen molar-refractivity contribution in [3.8, 4) is 5.75 Å². The molecule has 0 saturated carbocycles. The number of hydrogen-bond donors (Lipinski definition) is 1. The predicted molar refractivity (Wildman–Crippen MR) is 66.3 cm³/mol. The van der Waals surface area contributed by atoms with Gasteiger partial charge in [0.05, 0.1) is 7.11 Å². The van der Waals surface area contributed by atoms with Gasteiger partial charge >= 0.3 is 0 Å². The van der Waals surface area contributed by atoms with Crippen molar-refractivity contribution < 1.29 is 4.74 Å². The van der Waals surface area contributed by atoms with Gasteiger partial charge in [0.15, 0.2) is 0 Å². The van der Waals surface area contributed by atoms with Crippen LogP contribution in [-0.4, -0.2) is 19.5 Å². The number of alkyl halides is 1. The number of methoxy groups -OCH3 is 1. The largest absolute Gasteiger partial charge is 0.496 e. The average Bonchev–Trinajstić information content (AvgIpc) is 2.25. The van der Waals surface area contributed by atoms with E-state index in [-0.39, 0.29) is 0 Å². The summed E-state index contributed by atoms with van der Waals surface area (Å²) in [4.78, 5) is 0. The lowest BCUT2D eigenvalue weighted by molar-refractivity contribution is 0.407. The summed E-state index contributed by atoms with van der Waals surface area (Å²) >= 11 is 5.63. The molecule has 0 amide bonds. The van der Waals surface area contributed by atoms with E-state index >= 15 is 0 Å². The van der Waals surface area contributed by atoms with Gasteiger partial charge in [-0.1, -0.05) is 13.8 Å². The van der Waals surface area contributed by atoms with Gasteiger partial charge in [0.1, 0.15) is 5.75 Å². The Balaban J connectivity index is 2.89. The summed E-state index contributed by atoms with van der Waals surface area (Å²) in [6.07, 6.45) is 0. The van der Waals surface area contributed by atoms with Gasteiger partial charge in [-0.25, -0.2) is 0 Å². The zero-order valence-corrected chi connectivity index (χ0v) is 10.3. The maximum absolute atomic E-state index is 5.63. The van der Waals surface area contributed by atoms with E-state index in [0.717, 1.165) is 18.0 Å². The molecule has 0 aliphatic heterocycles. The number of halogens is 1. The van der Waals surface area contributed by atoms with Crippen LogP contribution in [0, 0.1) is 0 Å². The summed E-state index contributed by atoms with van der Waals surface area (Å²) in [6, 6.07) is 6.12. The Kier molecular flexibility index (Phi) is 4.76. The second kappa shape index (κ2) is 5.86. The van der Waals surface area contributed by atoms with Crippen LogP contribution in [-0.2, 0) is 0 Å². The van der Waals surface area contributed by atoms with Crippen LogP contribution in [0.2, 0.25) is 0 Å². The molecule has 1 aromatic carbocycles. The molecular formula is C12H18ClNO. The number of ether oxygens (including phenoxy) is 1. The summed E-state index contributed by atoms with van der Waals surface area (Å²) in [5, 5.41) is 3.25. The van der Waals surface area contributed by atoms with Crippen LogP contribution in [0.4, 0.5) is 5.69 Å². The topological polar surface area (TPSA) is 21.3 Å². The molecule has 0 aliphatic rings. The van der Waals surface area contributed by atoms with E-state index in [2.05, 4.69) is 25.2 Å². The zero-order valence-electron chi connectivity index (χ0n) is 9.51. The number of anilines is 1. The third kappa shape index (κ3) is 3.31. The van der Waals surface area contributed by atoms with Gasteiger partial charge in [-0.2, -0.15) is 0 Å². The number of hydrogen-bond acceptors (Lipinski definition) is 2. The zero-order chi connectivity index (χ0) is 11.3. The maximum atomic E-state index is 5.63. The molecule has 0 unspecified atom stereocenters. The summed E-state index contributed by atoms with van der Waals surface area (Å²) in [5.41, 5.74) is 2.32. The van der Waals surface area contributed by atoms with E-state index < -0.39 is 0 Å². The molecule has 0 fully saturated rings. The highest BCUT2D eigenvalue weighted by Crippen LogP contribution is 2.28. The van der Waals surface area contributed by atoms with Crippen molar-refractivity contribution in [2.75, 3.05) is 24.9 Å². The third-order valence-electron chi connectivity index (χ3n) is 2.28. The molecule has 1 aromatic rings. The Morgan fingerprint density at radius 2 is 2.13 bits per heavy atom. The van der Waals surface area contributed by atoms with Gasteiger partial charge in [0, 0.05) is 18.1 Å². The Bertz CT molecular complexity index is 312. The molecule has 0 aliphatic carbocycles. The molecular weight excluding hydrogens is 210 g/mol. The van der Waals surface area contributed by atoms with Gasteiger partial charge in [0.2, 0.25) is 0 Å². The molecule has 0 radical (unpaired) electrons. The molecule has 84 valence electrons. The van der Waals surface area contributed by atoms with Gasteiger partial charge < -0.3 is 10.1 Å². The second-order valence-electron chi connectivity index (χ2n) is 3.73. The summed E-state index contributed by atoms with van der Waals surface area (Å²) < 4.78 is 5.31. The van der Waals surface area contributed by atoms with E-state index in [1.165, 1.54) is 5.56 Å². The minimum atomic E-state index is 0.456. The fourth-order valence-corrected chi connectivity index (χ4v) is 1.58. The van der Waals surface area contributed by atoms with Crippen molar-refractivity contribution in [2.24, 2.45) is 0 Å². The SMILES string of the molecule is COc1ccc(NCCCl)cc1C(C)C. The predicted octanol–water partition coefficient (Wildman–Crippen LogP) is 3.47. The van der Waals surface area contributed by atoms with Crippen molar-refractivity contribution in [3.05, 3.63) is 23.8 Å². The minimum Gasteiger partial charge on any atom is -0.496 e. The quantitative estimate of drug-likeness (QED) is 0.778. The van der Waals surface area contributed by atoms with Crippen molar-refractivity contribution in [2.45, 2.75) is 19.8 Å². The highest BCUT2D eigenvalue weighted by Gasteiger charge is 2.07. The lowest BCUT2D eigenvalue weighted by atomic mass is 10.0. The summed E-state index contributed by atoms with van der Waals surface area (Å²) in [7, 11) is 1.70. The second-order valence-corrected chi connectivity index (χ2v) is 4.11. The van der Waals surface area contributed by atoms with E-state index in [1.54, 1.807) is 7.11 Å². The van der Waals surface area contributed by atoms with Crippen molar-refractivity contribution in [3.63, 3.8) is 0 Å². The van der Waals surface area contributed by atoms with Crippen LogP contribution < -0.4 is 10.1 Å². The number of rotatable bonds is 5. The third-order valence-corrected chi connectivity index (χ3v) is 2.46. The van der Waals surface area contributed by atoms with Crippen molar-refractivity contribution >= 4 is 17.3 Å². The van der Waals surface area contributed by atoms with E-state index in [1.807, 2.05) is 12.1 Å². The molecule has 3 heteroatoms. The number of nitrogens with one attached hydrogen (secondary N) is 1. The summed E-state index contributed by atoms with van der Waals surface area (Å²) in [5.74, 6) is 2.02. The molecule has 0 saturated heterocycles. The van der Waals surface area contributed by atoms with E-state index in [9.17, 15) is 0 Å². The molecule has 0 aromatic heterocycles. The fourth-order valence-electron chi connectivity index (χ4n) is 1.49. The van der Waals surface area contributed by atoms with Crippen molar-refractivity contribution in [1.82, 2.24) is 0 Å². The Morgan fingerprint density at radius 1 is 1.40 bits per heavy atom. The van der Waals surface area contributed by atoms with Gasteiger partial charge in [-0.3, -0.25) is 0 Å². The average molecular weight is 228 g/mol. The molecule has 0 atom stereocenters. The monoisotopic (exact) mass is 227 g/mol. The standard InChI is InChI=1S/C12H18ClNO/c1-9(2)11-8-10(14-7-6-13)4-5-12(11)15-3/h4-5,8-9,14H,6-7H2,1-3H3. The highest BCUT2D eigenvalue weighted by atomic mass is 35.5. The molecule has 1 N–H and O–H groups in total. The van der Waals surface area contributed by atoms with E-state index in [0.29, 0.717) is 11.8 Å². The molecule has 15 heavy (non-hydrogen) atoms. The molecule has 0 spiro atoms. The maximum Gasteiger partial charge on any atom is 0.122 e. The first kappa shape index (κ1) is 12.2. The van der Waals surface area contributed by atoms with Crippen LogP contribution >= 0.6 is 11.6 Å². The minimum absolute atomic E-state index is 0.456. The van der Waals surface area contributed by atoms with E-state index in [4.69, 9.17) is 16.3 Å². The Hall–Kier alpha value is -0.890. The van der Waals surface area contributed by atoms with Crippen molar-refractivity contribution in [1.29, 1.82) is 0 Å². The first-order valence-corrected chi connectivity index (χ1v) is 5.70. The molecule has 0 bridgehead atoms. The highest BCUT2D eigenvalue weighted by molar-refractivity contribution is 6.18. The van der Waals surface area contributed by atoms with Crippen LogP contribution in [0.15, 0.2) is 18.2 Å². The normalized spacial score (nSPS) is 10.5. The van der Waals surface area contributed by atoms with Crippen LogP contribution in [0.5, 0.6) is 5.75 Å². The van der Waals surface area contributed by atoms with Gasteiger partial charge in [-0.15, -0.1) is 11.6 Å². The Morgan fingerprint density at radius 3 is 2.67 bits per heavy atom. The fraction of sp³-hybridized carbons (Fsp3) is 0.500. The molecule has 1 rings (SSSR count). The number of benzene rings is 1. The van der Waals surface area contributed by atoms with Gasteiger partial charge in [0.25, 0.3) is 0 Å². The molecule has 0 heterocycles. The summed E-state index contributed by atoms with van der Waals surface area (Å²) in [6.45, 7) is 5.10. The van der Waals surface area contributed by atoms with Crippen LogP contribution in [0.3, 0.4) is 0 Å².